The molecule has 1 aliphatic rings. The fourth-order valence-corrected chi connectivity index (χ4v) is 13.3. The molecule has 0 unspecified atom stereocenters. The van der Waals surface area contributed by atoms with E-state index in [1.807, 2.05) is 6.92 Å². The van der Waals surface area contributed by atoms with E-state index in [-0.39, 0.29) is 135 Å². The van der Waals surface area contributed by atoms with Crippen LogP contribution in [0.5, 0.6) is 0 Å². The van der Waals surface area contributed by atoms with E-state index in [0.29, 0.717) is 39.7 Å². The van der Waals surface area contributed by atoms with Crippen molar-refractivity contribution in [2.75, 3.05) is 96.9 Å². The topological polar surface area (TPSA) is 576 Å². The van der Waals surface area contributed by atoms with Gasteiger partial charge in [-0.1, -0.05) is 112 Å². The number of carbonyl (C=O) groups is 16. The molecule has 7 rings (SSSR count). The number of hydrogen-bond acceptors (Lipinski definition) is 21. The molecule has 3 heterocycles. The summed E-state index contributed by atoms with van der Waals surface area (Å²) in [5.41, 5.74) is 14.3. The number of H-pyrrole nitrogens is 2. The molecule has 2 aromatic heterocycles. The van der Waals surface area contributed by atoms with Gasteiger partial charge in [-0.25, -0.2) is 4.98 Å². The van der Waals surface area contributed by atoms with Crippen molar-refractivity contribution in [1.29, 1.82) is 0 Å². The maximum Gasteiger partial charge on any atom is 0.317 e. The number of benzene rings is 4. The summed E-state index contributed by atoms with van der Waals surface area (Å²) in [5, 5.41) is 58.6. The van der Waals surface area contributed by atoms with E-state index in [1.165, 1.54) is 43.7 Å². The molecule has 39 heteroatoms. The Labute approximate surface area is 698 Å². The molecule has 20 N–H and O–H groups in total. The summed E-state index contributed by atoms with van der Waals surface area (Å²) in [4.78, 5) is 231. The van der Waals surface area contributed by atoms with Crippen LogP contribution in [-0.2, 0) is 97.6 Å². The summed E-state index contributed by atoms with van der Waals surface area (Å²) >= 11 is 0. The molecular formula is C82H110N20O19. The van der Waals surface area contributed by atoms with Crippen molar-refractivity contribution in [2.24, 2.45) is 17.4 Å². The molecule has 0 saturated carbocycles. The number of hydrogen-bond donors (Lipinski definition) is 18. The third-order valence-electron chi connectivity index (χ3n) is 19.9. The van der Waals surface area contributed by atoms with Gasteiger partial charge in [0.15, 0.2) is 0 Å². The molecular weight excluding hydrogens is 1570 g/mol. The zero-order valence-corrected chi connectivity index (χ0v) is 68.1. The Morgan fingerprint density at radius 2 is 0.950 bits per heavy atom. The van der Waals surface area contributed by atoms with Crippen LogP contribution in [0.2, 0.25) is 0 Å². The summed E-state index contributed by atoms with van der Waals surface area (Å²) in [6.45, 7) is 5.74. The predicted octanol–water partition coefficient (Wildman–Crippen LogP) is -1.99. The van der Waals surface area contributed by atoms with Crippen LogP contribution in [0.4, 0.5) is 5.69 Å². The van der Waals surface area contributed by atoms with Crippen molar-refractivity contribution in [3.8, 4) is 0 Å². The second-order valence-electron chi connectivity index (χ2n) is 29.8. The number of para-hydroxylation sites is 1. The third-order valence-corrected chi connectivity index (χ3v) is 19.9. The van der Waals surface area contributed by atoms with Crippen molar-refractivity contribution in [2.45, 2.75) is 140 Å². The number of nitrogens with zero attached hydrogens (tertiary/aromatic N) is 5. The standard InChI is InChI=1S/C82H110N20O19/c1-5-6-20-60(74(84)113)93-79(118)63(39-53-17-11-8-12-18-53)96-81(120)65(41-57-43-85-49-89-57)92-67(104)28-29-86-82(121)73(50(2)3)98-75(114)51(4)90-78(117)64(40-55-42-87-59-21-14-13-19-58(55)59)97-77(116)61(26-27-66(83)103)94-80(119)62(38-52-15-9-7-10-16-52)95-76(115)54-22-24-56(25-23-54)91-68(105)44-88-69(106)45-99-30-32-100(46-70(107)108)34-36-102(48-72(111)112)37-35-101(33-31-99)47-71(109)110/h7-19,21-25,42-43,49-51,60-65,73,87H,5-6,20,26-41,44-48H2,1-4H3,(H2,83,103)(H2,84,113)(H,85,89)(H,86,121)(H,88,106)(H,90,117)(H,91,105)(H,92,104)(H,93,118)(H,94,119)(H,95,115)(H,96,120)(H,97,116)(H,98,114)(H,107,108)(H,109,110)(H,111,112)/t51-,60+,61-,62-,63+,64-,65+,73-/m0/s1. The Morgan fingerprint density at radius 1 is 0.463 bits per heavy atom. The molecule has 4 aromatic carbocycles. The lowest BCUT2D eigenvalue weighted by Gasteiger charge is -2.32. The van der Waals surface area contributed by atoms with Gasteiger partial charge >= 0.3 is 17.9 Å². The van der Waals surface area contributed by atoms with Gasteiger partial charge in [0.05, 0.1) is 44.7 Å². The summed E-state index contributed by atoms with van der Waals surface area (Å²) < 4.78 is 0. The van der Waals surface area contributed by atoms with Crippen LogP contribution in [0.1, 0.15) is 99.0 Å². The van der Waals surface area contributed by atoms with Crippen LogP contribution < -0.4 is 70.0 Å². The Balaban J connectivity index is 0.978. The lowest BCUT2D eigenvalue weighted by molar-refractivity contribution is -0.140. The van der Waals surface area contributed by atoms with E-state index in [9.17, 15) is 92.0 Å². The van der Waals surface area contributed by atoms with E-state index >= 15 is 0 Å². The normalized spacial score (nSPS) is 15.1. The zero-order valence-electron chi connectivity index (χ0n) is 68.1. The molecule has 652 valence electrons. The van der Waals surface area contributed by atoms with Crippen LogP contribution >= 0.6 is 0 Å². The molecule has 0 radical (unpaired) electrons. The van der Waals surface area contributed by atoms with Crippen LogP contribution in [-0.4, -0.2) is 285 Å². The highest BCUT2D eigenvalue weighted by Gasteiger charge is 2.36. The molecule has 0 spiro atoms. The van der Waals surface area contributed by atoms with E-state index in [4.69, 9.17) is 11.5 Å². The average molecular weight is 1680 g/mol. The van der Waals surface area contributed by atoms with E-state index in [1.54, 1.807) is 125 Å². The Bertz CT molecular complexity index is 4480. The van der Waals surface area contributed by atoms with Crippen LogP contribution in [0.15, 0.2) is 128 Å². The molecule has 1 fully saturated rings. The maximum absolute atomic E-state index is 14.8. The van der Waals surface area contributed by atoms with Crippen molar-refractivity contribution in [3.05, 3.63) is 156 Å². The minimum Gasteiger partial charge on any atom is -0.480 e. The summed E-state index contributed by atoms with van der Waals surface area (Å²) in [6, 6.07) is 19.2. The number of rotatable bonds is 46. The van der Waals surface area contributed by atoms with Crippen LogP contribution in [0.25, 0.3) is 10.9 Å². The number of amides is 13. The van der Waals surface area contributed by atoms with Gasteiger partial charge in [-0.3, -0.25) is 96.3 Å². The van der Waals surface area contributed by atoms with Gasteiger partial charge in [-0.05, 0) is 72.7 Å². The first-order valence-electron chi connectivity index (χ1n) is 39.9. The van der Waals surface area contributed by atoms with Gasteiger partial charge in [0, 0.05) is 132 Å². The van der Waals surface area contributed by atoms with E-state index in [0.717, 1.165) is 6.42 Å². The van der Waals surface area contributed by atoms with Gasteiger partial charge in [0.25, 0.3) is 5.91 Å². The molecule has 1 aliphatic heterocycles. The second kappa shape index (κ2) is 48.8. The lowest BCUT2D eigenvalue weighted by atomic mass is 10.0. The zero-order chi connectivity index (χ0) is 88.1. The number of nitrogens with two attached hydrogens (primary N) is 2. The Morgan fingerprint density at radius 3 is 1.46 bits per heavy atom. The summed E-state index contributed by atoms with van der Waals surface area (Å²) in [6.07, 6.45) is 4.43. The molecule has 13 amide bonds. The summed E-state index contributed by atoms with van der Waals surface area (Å²) in [5.74, 6) is -14.0. The highest BCUT2D eigenvalue weighted by atomic mass is 16.4. The van der Waals surface area contributed by atoms with Crippen LogP contribution in [0.3, 0.4) is 0 Å². The van der Waals surface area contributed by atoms with Gasteiger partial charge in [-0.2, -0.15) is 0 Å². The van der Waals surface area contributed by atoms with Gasteiger partial charge in [0.2, 0.25) is 70.9 Å². The minimum atomic E-state index is -1.60. The number of carboxylic acid groups (broad SMARTS) is 3. The number of nitrogens with one attached hydrogen (secondary N) is 13. The Kier molecular flexibility index (Phi) is 38.3. The van der Waals surface area contributed by atoms with Crippen molar-refractivity contribution >= 4 is 111 Å². The SMILES string of the molecule is CCCC[C@@H](NC(=O)[C@@H](Cc1ccccc1)NC(=O)[C@@H](Cc1c[nH]cn1)NC(=O)CCNC(=O)[C@@H](NC(=O)[C@H](C)NC(=O)[C@H](Cc1c[nH]c2ccccc12)NC(=O)[C@H](CCC(N)=O)NC(=O)[C@H](Cc1ccccc1)NC(=O)c1ccc(NC(=O)CNC(=O)CN2CCN(CC(=O)O)CCN(CC(=O)O)CCN(CC(=O)O)CC2)cc1)C(C)C)C(N)=O. The number of aromatic nitrogens is 3. The number of anilines is 1. The number of aliphatic carboxylic acids is 3. The molecule has 0 aliphatic carbocycles. The van der Waals surface area contributed by atoms with Gasteiger partial charge in [-0.15, -0.1) is 0 Å². The van der Waals surface area contributed by atoms with Gasteiger partial charge in [0.1, 0.15) is 48.3 Å². The van der Waals surface area contributed by atoms with Crippen molar-refractivity contribution in [1.82, 2.24) is 87.7 Å². The quantitative estimate of drug-likeness (QED) is 0.0197. The number of carbonyl (C=O) groups excluding carboxylic acids is 13. The molecule has 121 heavy (non-hydrogen) atoms. The number of aromatic amines is 2. The van der Waals surface area contributed by atoms with Gasteiger partial charge < -0.3 is 95.2 Å². The molecule has 1 saturated heterocycles. The first-order chi connectivity index (χ1) is 57.8. The van der Waals surface area contributed by atoms with Crippen molar-refractivity contribution in [3.63, 3.8) is 0 Å². The number of carboxylic acids is 3. The molecule has 39 nitrogen and oxygen atoms in total. The second-order valence-corrected chi connectivity index (χ2v) is 29.8. The number of fused-ring (bicyclic) bond motifs is 1. The fourth-order valence-electron chi connectivity index (χ4n) is 13.3. The summed E-state index contributed by atoms with van der Waals surface area (Å²) in [7, 11) is 0. The molecule has 6 aromatic rings. The average Bonchev–Trinajstić information content (AvgIpc) is 1.69. The van der Waals surface area contributed by atoms with E-state index < -0.39 is 168 Å². The van der Waals surface area contributed by atoms with Crippen LogP contribution in [0, 0.1) is 5.92 Å². The monoisotopic (exact) mass is 1680 g/mol. The lowest BCUT2D eigenvalue weighted by Crippen LogP contribution is -2.59. The number of primary amides is 2. The first-order valence-corrected chi connectivity index (χ1v) is 39.9. The smallest absolute Gasteiger partial charge is 0.317 e. The Hall–Kier alpha value is -13.0. The largest absolute Gasteiger partial charge is 0.480 e. The van der Waals surface area contributed by atoms with E-state index in [2.05, 4.69) is 73.4 Å². The third kappa shape index (κ3) is 33.4. The predicted molar refractivity (Wildman–Crippen MR) is 441 cm³/mol. The number of unbranched alkanes of at least 4 members (excludes halogenated alkanes) is 1. The minimum absolute atomic E-state index is 0.0107. The maximum atomic E-state index is 14.8. The number of imidazole rings is 1. The molecule has 0 bridgehead atoms. The van der Waals surface area contributed by atoms with Crippen molar-refractivity contribution < 1.29 is 92.0 Å². The molecule has 8 atom stereocenters. The fraction of sp³-hybridized carbons (Fsp3) is 0.451. The highest BCUT2D eigenvalue weighted by Crippen LogP contribution is 2.21. The first kappa shape index (κ1) is 95.1. The highest BCUT2D eigenvalue weighted by molar-refractivity contribution is 6.01.